The van der Waals surface area contributed by atoms with Crippen molar-refractivity contribution in [1.29, 1.82) is 0 Å². The Morgan fingerprint density at radius 1 is 1.21 bits per heavy atom. The fourth-order valence-electron chi connectivity index (χ4n) is 2.74. The summed E-state index contributed by atoms with van der Waals surface area (Å²) in [5.41, 5.74) is -0.575. The van der Waals surface area contributed by atoms with Gasteiger partial charge in [-0.2, -0.15) is 0 Å². The summed E-state index contributed by atoms with van der Waals surface area (Å²) in [7, 11) is -3.10. The molecule has 19 heavy (non-hydrogen) atoms. The largest absolute Gasteiger partial charge is 0.444 e. The maximum Gasteiger partial charge on any atom is 0.410 e. The van der Waals surface area contributed by atoms with Gasteiger partial charge in [-0.05, 0) is 20.8 Å². The molecule has 2 bridgehead atoms. The van der Waals surface area contributed by atoms with Gasteiger partial charge in [0.15, 0.2) is 9.84 Å². The van der Waals surface area contributed by atoms with Gasteiger partial charge >= 0.3 is 6.09 Å². The van der Waals surface area contributed by atoms with Crippen molar-refractivity contribution < 1.29 is 23.1 Å². The van der Waals surface area contributed by atoms with Gasteiger partial charge in [-0.1, -0.05) is 0 Å². The summed E-state index contributed by atoms with van der Waals surface area (Å²) < 4.78 is 28.6. The molecule has 2 fully saturated rings. The van der Waals surface area contributed by atoms with Crippen LogP contribution in [0, 0.1) is 11.8 Å². The first-order valence-corrected chi connectivity index (χ1v) is 8.26. The second-order valence-corrected chi connectivity index (χ2v) is 8.63. The van der Waals surface area contributed by atoms with Crippen molar-refractivity contribution in [3.63, 3.8) is 0 Å². The van der Waals surface area contributed by atoms with E-state index >= 15 is 0 Å². The Labute approximate surface area is 113 Å². The van der Waals surface area contributed by atoms with E-state index < -0.39 is 39.5 Å². The molecule has 0 aliphatic carbocycles. The number of likely N-dealkylation sites (tertiary alicyclic amines) is 1. The van der Waals surface area contributed by atoms with E-state index in [0.29, 0.717) is 0 Å². The van der Waals surface area contributed by atoms with Crippen LogP contribution < -0.4 is 0 Å². The molecule has 2 aliphatic heterocycles. The maximum atomic E-state index is 12.0. The molecule has 0 radical (unpaired) electrons. The molecule has 0 aromatic rings. The molecule has 2 heterocycles. The third-order valence-corrected chi connectivity index (χ3v) is 5.34. The molecule has 1 N–H and O–H groups in total. The van der Waals surface area contributed by atoms with Crippen LogP contribution in [-0.2, 0) is 14.6 Å². The number of aliphatic hydroxyl groups is 1. The number of carbonyl (C=O) groups excluding carboxylic acids is 1. The summed E-state index contributed by atoms with van der Waals surface area (Å²) in [5.74, 6) is -0.900. The smallest absolute Gasteiger partial charge is 0.410 e. The minimum absolute atomic E-state index is 0.0516. The molecule has 0 saturated carbocycles. The summed E-state index contributed by atoms with van der Waals surface area (Å²) in [6, 6.07) is 0. The van der Waals surface area contributed by atoms with E-state index in [9.17, 15) is 18.3 Å². The van der Waals surface area contributed by atoms with E-state index in [4.69, 9.17) is 4.74 Å². The summed E-state index contributed by atoms with van der Waals surface area (Å²) in [6.07, 6.45) is -1.07. The number of hydrogen-bond donors (Lipinski definition) is 1. The van der Waals surface area contributed by atoms with Gasteiger partial charge in [0.2, 0.25) is 0 Å². The Morgan fingerprint density at radius 3 is 2.11 bits per heavy atom. The van der Waals surface area contributed by atoms with Crippen molar-refractivity contribution in [3.05, 3.63) is 0 Å². The van der Waals surface area contributed by atoms with Gasteiger partial charge in [-0.15, -0.1) is 0 Å². The Hall–Kier alpha value is -0.820. The van der Waals surface area contributed by atoms with Crippen LogP contribution in [0.25, 0.3) is 0 Å². The van der Waals surface area contributed by atoms with Crippen LogP contribution in [0.15, 0.2) is 0 Å². The van der Waals surface area contributed by atoms with Crippen LogP contribution in [0.5, 0.6) is 0 Å². The summed E-state index contributed by atoms with van der Waals surface area (Å²) in [6.45, 7) is 5.84. The number of piperidine rings is 1. The van der Waals surface area contributed by atoms with Crippen LogP contribution in [-0.4, -0.2) is 60.8 Å². The van der Waals surface area contributed by atoms with Gasteiger partial charge in [0.05, 0.1) is 17.6 Å². The predicted molar refractivity (Wildman–Crippen MR) is 69.4 cm³/mol. The molecular weight excluding hydrogens is 270 g/mol. The zero-order valence-corrected chi connectivity index (χ0v) is 12.3. The van der Waals surface area contributed by atoms with Crippen molar-refractivity contribution in [1.82, 2.24) is 4.90 Å². The van der Waals surface area contributed by atoms with Crippen LogP contribution in [0.1, 0.15) is 20.8 Å². The van der Waals surface area contributed by atoms with Gasteiger partial charge in [0.25, 0.3) is 0 Å². The molecule has 0 spiro atoms. The topological polar surface area (TPSA) is 83.9 Å². The molecular formula is C12H21NO5S. The lowest BCUT2D eigenvalue weighted by molar-refractivity contribution is -0.0289. The zero-order valence-electron chi connectivity index (χ0n) is 11.5. The van der Waals surface area contributed by atoms with Crippen LogP contribution in [0.2, 0.25) is 0 Å². The third-order valence-electron chi connectivity index (χ3n) is 3.46. The molecule has 2 saturated heterocycles. The molecule has 2 aliphatic rings. The second-order valence-electron chi connectivity index (χ2n) is 6.47. The van der Waals surface area contributed by atoms with Gasteiger partial charge in [-0.25, -0.2) is 13.2 Å². The molecule has 0 aromatic carbocycles. The zero-order chi connectivity index (χ0) is 14.4. The summed E-state index contributed by atoms with van der Waals surface area (Å²) >= 11 is 0. The molecule has 110 valence electrons. The van der Waals surface area contributed by atoms with Crippen LogP contribution in [0.4, 0.5) is 4.79 Å². The Bertz CT molecular complexity index is 445. The van der Waals surface area contributed by atoms with Crippen molar-refractivity contribution >= 4 is 15.9 Å². The third kappa shape index (κ3) is 3.39. The summed E-state index contributed by atoms with van der Waals surface area (Å²) in [5, 5.41) is 10.0. The first kappa shape index (κ1) is 14.6. The van der Waals surface area contributed by atoms with E-state index in [0.717, 1.165) is 0 Å². The minimum Gasteiger partial charge on any atom is -0.444 e. The van der Waals surface area contributed by atoms with Crippen molar-refractivity contribution in [2.24, 2.45) is 11.8 Å². The van der Waals surface area contributed by atoms with Gasteiger partial charge in [-0.3, -0.25) is 0 Å². The Morgan fingerprint density at radius 2 is 1.68 bits per heavy atom. The minimum atomic E-state index is -3.10. The number of ether oxygens (including phenoxy) is 1. The number of sulfone groups is 1. The number of nitrogens with zero attached hydrogens (tertiary/aromatic N) is 1. The maximum absolute atomic E-state index is 12.0. The fraction of sp³-hybridized carbons (Fsp3) is 0.917. The highest BCUT2D eigenvalue weighted by atomic mass is 32.2. The van der Waals surface area contributed by atoms with E-state index in [-0.39, 0.29) is 24.6 Å². The summed E-state index contributed by atoms with van der Waals surface area (Å²) in [4.78, 5) is 13.5. The lowest BCUT2D eigenvalue weighted by Gasteiger charge is -2.44. The Balaban J connectivity index is 2.08. The van der Waals surface area contributed by atoms with E-state index in [1.807, 2.05) is 0 Å². The quantitative estimate of drug-likeness (QED) is 0.692. The highest BCUT2D eigenvalue weighted by Crippen LogP contribution is 2.31. The number of hydrogen-bond acceptors (Lipinski definition) is 5. The average Bonchev–Trinajstić information content (AvgIpc) is 2.17. The fourth-order valence-corrected chi connectivity index (χ4v) is 4.79. The molecule has 0 aromatic heterocycles. The SMILES string of the molecule is CC(C)(C)OC(=O)N1C[C@@H]2CS(=O)(=O)C[C@H](C1)C2O. The van der Waals surface area contributed by atoms with Crippen molar-refractivity contribution in [2.45, 2.75) is 32.5 Å². The number of rotatable bonds is 0. The molecule has 6 nitrogen and oxygen atoms in total. The number of fused-ring (bicyclic) bond motifs is 2. The average molecular weight is 291 g/mol. The molecule has 1 amide bonds. The molecule has 1 unspecified atom stereocenters. The van der Waals surface area contributed by atoms with Crippen molar-refractivity contribution in [2.75, 3.05) is 24.6 Å². The number of carbonyl (C=O) groups is 1. The van der Waals surface area contributed by atoms with Gasteiger partial charge in [0, 0.05) is 24.9 Å². The standard InChI is InChI=1S/C12H21NO5S/c1-12(2,3)18-11(15)13-4-8-6-19(16,17)7-9(5-13)10(8)14/h8-10,14H,4-7H2,1-3H3/t8-,9+,10?. The van der Waals surface area contributed by atoms with Crippen LogP contribution >= 0.6 is 0 Å². The number of aliphatic hydroxyl groups excluding tert-OH is 1. The Kier molecular flexibility index (Phi) is 3.55. The second kappa shape index (κ2) is 4.63. The van der Waals surface area contributed by atoms with E-state index in [1.165, 1.54) is 4.90 Å². The molecule has 3 atom stereocenters. The number of amides is 1. The first-order valence-electron chi connectivity index (χ1n) is 6.44. The first-order chi connectivity index (χ1) is 8.57. The van der Waals surface area contributed by atoms with Gasteiger partial charge in [0.1, 0.15) is 5.60 Å². The van der Waals surface area contributed by atoms with Crippen molar-refractivity contribution in [3.8, 4) is 0 Å². The van der Waals surface area contributed by atoms with E-state index in [1.54, 1.807) is 20.8 Å². The predicted octanol–water partition coefficient (Wildman–Crippen LogP) is 0.259. The molecule has 2 rings (SSSR count). The lowest BCUT2D eigenvalue weighted by atomic mass is 9.88. The monoisotopic (exact) mass is 291 g/mol. The lowest BCUT2D eigenvalue weighted by Crippen LogP contribution is -2.58. The highest BCUT2D eigenvalue weighted by Gasteiger charge is 2.46. The highest BCUT2D eigenvalue weighted by molar-refractivity contribution is 7.91. The normalized spacial score (nSPS) is 33.9. The molecule has 7 heteroatoms. The van der Waals surface area contributed by atoms with Gasteiger partial charge < -0.3 is 14.7 Å². The van der Waals surface area contributed by atoms with E-state index in [2.05, 4.69) is 0 Å². The van der Waals surface area contributed by atoms with Crippen LogP contribution in [0.3, 0.4) is 0 Å².